The van der Waals surface area contributed by atoms with Crippen molar-refractivity contribution in [2.75, 3.05) is 18.5 Å². The lowest BCUT2D eigenvalue weighted by molar-refractivity contribution is -0.131. The molecule has 0 unspecified atom stereocenters. The first kappa shape index (κ1) is 22.6. The number of carboxylic acid groups (broad SMARTS) is 1. The zero-order valence-electron chi connectivity index (χ0n) is 16.4. The van der Waals surface area contributed by atoms with E-state index in [4.69, 9.17) is 19.7 Å². The molecule has 0 heterocycles. The van der Waals surface area contributed by atoms with Gasteiger partial charge in [0.1, 0.15) is 18.5 Å². The Morgan fingerprint density at radius 2 is 1.73 bits per heavy atom. The van der Waals surface area contributed by atoms with Crippen LogP contribution in [-0.2, 0) is 9.53 Å². The fourth-order valence-corrected chi connectivity index (χ4v) is 2.55. The monoisotopic (exact) mass is 413 g/mol. The second-order valence-electron chi connectivity index (χ2n) is 6.27. The third-order valence-electron chi connectivity index (χ3n) is 4.01. The van der Waals surface area contributed by atoms with Crippen molar-refractivity contribution in [3.05, 3.63) is 71.8 Å². The van der Waals surface area contributed by atoms with Crippen LogP contribution in [0.5, 0.6) is 5.75 Å². The van der Waals surface area contributed by atoms with Gasteiger partial charge in [-0.1, -0.05) is 18.2 Å². The van der Waals surface area contributed by atoms with Crippen LogP contribution in [0, 0.1) is 0 Å². The molecule has 0 radical (unpaired) electrons. The number of amides is 1. The third kappa shape index (κ3) is 7.40. The molecule has 2 aromatic rings. The maximum atomic E-state index is 12.3. The van der Waals surface area contributed by atoms with E-state index in [1.807, 2.05) is 0 Å². The maximum absolute atomic E-state index is 12.3. The van der Waals surface area contributed by atoms with E-state index in [0.717, 1.165) is 6.08 Å². The van der Waals surface area contributed by atoms with Gasteiger partial charge < -0.3 is 19.7 Å². The summed E-state index contributed by atoms with van der Waals surface area (Å²) in [5, 5.41) is 20.2. The van der Waals surface area contributed by atoms with Crippen molar-refractivity contribution >= 4 is 23.5 Å². The molecule has 0 aliphatic carbocycles. The van der Waals surface area contributed by atoms with Crippen LogP contribution < -0.4 is 10.1 Å². The summed E-state index contributed by atoms with van der Waals surface area (Å²) >= 11 is 0. The molecule has 0 saturated carbocycles. The molecule has 0 aliphatic rings. The van der Waals surface area contributed by atoms with Crippen LogP contribution in [-0.4, -0.2) is 41.3 Å². The molecule has 8 heteroatoms. The molecule has 0 fully saturated rings. The minimum Gasteiger partial charge on any atom is -0.491 e. The van der Waals surface area contributed by atoms with E-state index < -0.39 is 18.2 Å². The number of aliphatic hydroxyl groups is 1. The molecule has 0 spiro atoms. The standard InChI is InChI=1S/C22H23NO7/c1-15(25)16-5-9-18(10-6-16)23-22(28)30-20(3-2-4-21(26)27)17-7-11-19(12-8-17)29-14-13-24/h2,4-12,20,24H,3,13-14H2,1H3,(H,23,28)(H,26,27)/b4-2+/t20-/m1/s1. The minimum absolute atomic E-state index is 0.0826. The molecular weight excluding hydrogens is 390 g/mol. The van der Waals surface area contributed by atoms with Crippen molar-refractivity contribution in [3.8, 4) is 5.75 Å². The van der Waals surface area contributed by atoms with Crippen LogP contribution in [0.2, 0.25) is 0 Å². The highest BCUT2D eigenvalue weighted by Gasteiger charge is 2.16. The molecule has 0 aliphatic heterocycles. The number of aliphatic hydroxyl groups excluding tert-OH is 1. The van der Waals surface area contributed by atoms with Gasteiger partial charge in [0.25, 0.3) is 0 Å². The molecule has 0 saturated heterocycles. The Bertz CT molecular complexity index is 889. The molecule has 158 valence electrons. The summed E-state index contributed by atoms with van der Waals surface area (Å²) in [4.78, 5) is 34.4. The van der Waals surface area contributed by atoms with Gasteiger partial charge in [-0.05, 0) is 48.9 Å². The van der Waals surface area contributed by atoms with Crippen LogP contribution in [0.25, 0.3) is 0 Å². The largest absolute Gasteiger partial charge is 0.491 e. The molecule has 1 amide bonds. The highest BCUT2D eigenvalue weighted by atomic mass is 16.6. The molecule has 0 bridgehead atoms. The number of hydrogen-bond acceptors (Lipinski definition) is 6. The topological polar surface area (TPSA) is 122 Å². The Kier molecular flexibility index (Phi) is 8.58. The fourth-order valence-electron chi connectivity index (χ4n) is 2.55. The highest BCUT2D eigenvalue weighted by Crippen LogP contribution is 2.25. The Morgan fingerprint density at radius 3 is 2.30 bits per heavy atom. The van der Waals surface area contributed by atoms with Crippen molar-refractivity contribution in [1.29, 1.82) is 0 Å². The van der Waals surface area contributed by atoms with E-state index in [9.17, 15) is 14.4 Å². The first-order valence-corrected chi connectivity index (χ1v) is 9.20. The summed E-state index contributed by atoms with van der Waals surface area (Å²) in [6.07, 6.45) is 1.08. The van der Waals surface area contributed by atoms with Gasteiger partial charge in [0, 0.05) is 23.7 Å². The van der Waals surface area contributed by atoms with Crippen LogP contribution in [0.1, 0.15) is 35.4 Å². The quantitative estimate of drug-likeness (QED) is 0.402. The Hall–Kier alpha value is -3.65. The Balaban J connectivity index is 2.08. The molecule has 2 rings (SSSR count). The van der Waals surface area contributed by atoms with E-state index in [-0.39, 0.29) is 25.4 Å². The molecule has 1 atom stereocenters. The van der Waals surface area contributed by atoms with Gasteiger partial charge >= 0.3 is 12.1 Å². The Morgan fingerprint density at radius 1 is 1.07 bits per heavy atom. The first-order valence-electron chi connectivity index (χ1n) is 9.20. The molecule has 0 aromatic heterocycles. The van der Waals surface area contributed by atoms with Crippen LogP contribution in [0.3, 0.4) is 0 Å². The number of nitrogens with one attached hydrogen (secondary N) is 1. The van der Waals surface area contributed by atoms with Crippen molar-refractivity contribution in [2.45, 2.75) is 19.4 Å². The summed E-state index contributed by atoms with van der Waals surface area (Å²) in [5.41, 5.74) is 1.62. The number of carbonyl (C=O) groups excluding carboxylic acids is 2. The zero-order valence-corrected chi connectivity index (χ0v) is 16.4. The van der Waals surface area contributed by atoms with Gasteiger partial charge in [-0.2, -0.15) is 0 Å². The van der Waals surface area contributed by atoms with Crippen LogP contribution in [0.15, 0.2) is 60.7 Å². The average molecular weight is 413 g/mol. The SMILES string of the molecule is CC(=O)c1ccc(NC(=O)O[C@H](C/C=C/C(=O)O)c2ccc(OCCO)cc2)cc1. The normalized spacial score (nSPS) is 11.7. The van der Waals surface area contributed by atoms with E-state index in [1.54, 1.807) is 48.5 Å². The minimum atomic E-state index is -1.10. The summed E-state index contributed by atoms with van der Waals surface area (Å²) in [6, 6.07) is 13.1. The molecule has 8 nitrogen and oxygen atoms in total. The van der Waals surface area contributed by atoms with E-state index in [2.05, 4.69) is 5.32 Å². The molecule has 30 heavy (non-hydrogen) atoms. The van der Waals surface area contributed by atoms with Gasteiger partial charge in [0.2, 0.25) is 0 Å². The number of carboxylic acids is 1. The molecule has 3 N–H and O–H groups in total. The summed E-state index contributed by atoms with van der Waals surface area (Å²) in [5.74, 6) is -0.639. The number of anilines is 1. The predicted molar refractivity (Wildman–Crippen MR) is 110 cm³/mol. The third-order valence-corrected chi connectivity index (χ3v) is 4.01. The Labute approximate surface area is 173 Å². The van der Waals surface area contributed by atoms with E-state index >= 15 is 0 Å². The van der Waals surface area contributed by atoms with Crippen molar-refractivity contribution < 1.29 is 34.1 Å². The maximum Gasteiger partial charge on any atom is 0.412 e. The number of ether oxygens (including phenoxy) is 2. The number of carbonyl (C=O) groups is 3. The van der Waals surface area contributed by atoms with Gasteiger partial charge in [-0.3, -0.25) is 10.1 Å². The number of rotatable bonds is 10. The van der Waals surface area contributed by atoms with Crippen molar-refractivity contribution in [3.63, 3.8) is 0 Å². The van der Waals surface area contributed by atoms with Crippen molar-refractivity contribution in [2.24, 2.45) is 0 Å². The summed E-state index contributed by atoms with van der Waals surface area (Å²) in [6.45, 7) is 1.50. The number of benzene rings is 2. The first-order chi connectivity index (χ1) is 14.4. The average Bonchev–Trinajstić information content (AvgIpc) is 2.72. The van der Waals surface area contributed by atoms with E-state index in [1.165, 1.54) is 13.0 Å². The number of ketones is 1. The molecule has 2 aromatic carbocycles. The van der Waals surface area contributed by atoms with Gasteiger partial charge in [0.05, 0.1) is 6.61 Å². The number of hydrogen-bond donors (Lipinski definition) is 3. The fraction of sp³-hybridized carbons (Fsp3) is 0.227. The predicted octanol–water partition coefficient (Wildman–Crippen LogP) is 3.58. The summed E-state index contributed by atoms with van der Waals surface area (Å²) in [7, 11) is 0. The number of aliphatic carboxylic acids is 1. The van der Waals surface area contributed by atoms with Gasteiger partial charge in [-0.25, -0.2) is 9.59 Å². The van der Waals surface area contributed by atoms with Crippen LogP contribution in [0.4, 0.5) is 10.5 Å². The lowest BCUT2D eigenvalue weighted by atomic mass is 10.1. The summed E-state index contributed by atoms with van der Waals surface area (Å²) < 4.78 is 10.8. The highest BCUT2D eigenvalue weighted by molar-refractivity contribution is 5.95. The van der Waals surface area contributed by atoms with Crippen molar-refractivity contribution in [1.82, 2.24) is 0 Å². The van der Waals surface area contributed by atoms with E-state index in [0.29, 0.717) is 22.6 Å². The lowest BCUT2D eigenvalue weighted by Gasteiger charge is -2.18. The van der Waals surface area contributed by atoms with Gasteiger partial charge in [0.15, 0.2) is 5.78 Å². The second kappa shape index (κ2) is 11.4. The van der Waals surface area contributed by atoms with Gasteiger partial charge in [-0.15, -0.1) is 0 Å². The smallest absolute Gasteiger partial charge is 0.412 e. The lowest BCUT2D eigenvalue weighted by Crippen LogP contribution is -2.17. The zero-order chi connectivity index (χ0) is 21.9. The molecular formula is C22H23NO7. The van der Waals surface area contributed by atoms with Crippen LogP contribution >= 0.6 is 0 Å². The number of Topliss-reactive ketones (excluding diaryl/α,β-unsaturated/α-hetero) is 1. The second-order valence-corrected chi connectivity index (χ2v) is 6.27.